The van der Waals surface area contributed by atoms with E-state index in [-0.39, 0.29) is 14.0 Å². The third-order valence-electron chi connectivity index (χ3n) is 4.17. The van der Waals surface area contributed by atoms with Crippen molar-refractivity contribution in [2.24, 2.45) is 0 Å². The topological polar surface area (TPSA) is 215 Å². The van der Waals surface area contributed by atoms with Gasteiger partial charge in [0.1, 0.15) is 30.5 Å². The van der Waals surface area contributed by atoms with Crippen molar-refractivity contribution in [1.29, 1.82) is 0 Å². The summed E-state index contributed by atoms with van der Waals surface area (Å²) in [5.74, 6) is -1.35. The van der Waals surface area contributed by atoms with Gasteiger partial charge in [-0.25, -0.2) is 4.79 Å². The van der Waals surface area contributed by atoms with Crippen molar-refractivity contribution in [3.05, 3.63) is 0 Å². The number of aliphatic hydroxyl groups excluding tert-OH is 7. The van der Waals surface area contributed by atoms with Crippen molar-refractivity contribution >= 4 is 24.5 Å². The summed E-state index contributed by atoms with van der Waals surface area (Å²) in [5, 5.41) is 66.6. The number of nitrogens with one attached hydrogen (secondary N) is 1. The van der Waals surface area contributed by atoms with Gasteiger partial charge in [-0.2, -0.15) is 12.6 Å². The predicted molar refractivity (Wildman–Crippen MR) is 109 cm³/mol. The van der Waals surface area contributed by atoms with Crippen molar-refractivity contribution in [2.45, 2.75) is 56.3 Å². The molecule has 0 spiro atoms. The van der Waals surface area contributed by atoms with Gasteiger partial charge < -0.3 is 55.3 Å². The van der Waals surface area contributed by atoms with Crippen molar-refractivity contribution < 1.29 is 59.5 Å². The third-order valence-corrected chi connectivity index (χ3v) is 4.39. The minimum atomic E-state index is -1.75. The summed E-state index contributed by atoms with van der Waals surface area (Å²) in [6, 6.07) is 0. The molecule has 4 unspecified atom stereocenters. The average molecular weight is 478 g/mol. The lowest BCUT2D eigenvalue weighted by atomic mass is 10.00. The second kappa shape index (κ2) is 16.5. The van der Waals surface area contributed by atoms with Gasteiger partial charge in [0, 0.05) is 26.5 Å². The van der Waals surface area contributed by atoms with Gasteiger partial charge in [-0.3, -0.25) is 4.79 Å². The lowest BCUT2D eigenvalue weighted by molar-refractivity contribution is -0.211. The monoisotopic (exact) mass is 477 g/mol. The first-order chi connectivity index (χ1) is 14.1. The second-order valence-corrected chi connectivity index (χ2v) is 6.64. The maximum atomic E-state index is 11.3. The number of carbonyl (C=O) groups is 2. The lowest BCUT2D eigenvalue weighted by Gasteiger charge is -2.35. The molecule has 1 heterocycles. The van der Waals surface area contributed by atoms with Crippen molar-refractivity contribution in [3.8, 4) is 0 Å². The smallest absolute Gasteiger partial charge is 0.338 e. The minimum Gasteiger partial charge on any atom is -0.455 e. The van der Waals surface area contributed by atoms with Crippen LogP contribution in [0.25, 0.3) is 0 Å². The van der Waals surface area contributed by atoms with E-state index < -0.39 is 73.9 Å². The van der Waals surface area contributed by atoms with E-state index in [1.165, 1.54) is 14.2 Å². The van der Waals surface area contributed by atoms with Crippen molar-refractivity contribution in [2.75, 3.05) is 39.7 Å². The van der Waals surface area contributed by atoms with Crippen LogP contribution in [0.5, 0.6) is 0 Å². The van der Waals surface area contributed by atoms with Gasteiger partial charge >= 0.3 is 5.97 Å². The highest BCUT2D eigenvalue weighted by Crippen LogP contribution is 2.18. The number of hydrogen-bond acceptors (Lipinski definition) is 13. The van der Waals surface area contributed by atoms with Crippen molar-refractivity contribution in [1.82, 2.24) is 5.32 Å². The highest BCUT2D eigenvalue weighted by atomic mass is 32.1. The second-order valence-electron chi connectivity index (χ2n) is 6.19. The van der Waals surface area contributed by atoms with Gasteiger partial charge in [0.25, 0.3) is 5.91 Å². The molecule has 0 bridgehead atoms. The van der Waals surface area contributed by atoms with E-state index in [2.05, 4.69) is 22.7 Å². The zero-order chi connectivity index (χ0) is 23.4. The number of hydrogen-bond donors (Lipinski definition) is 9. The van der Waals surface area contributed by atoms with E-state index in [9.17, 15) is 30.0 Å². The van der Waals surface area contributed by atoms with Gasteiger partial charge in [0.2, 0.25) is 0 Å². The van der Waals surface area contributed by atoms with Gasteiger partial charge in [-0.1, -0.05) is 7.43 Å². The molecule has 1 aliphatic heterocycles. The largest absolute Gasteiger partial charge is 0.455 e. The minimum absolute atomic E-state index is 0. The van der Waals surface area contributed by atoms with Crippen LogP contribution in [0.4, 0.5) is 0 Å². The fraction of sp³-hybridized carbons (Fsp3) is 0.882. The Bertz CT molecular complexity index is 512. The lowest BCUT2D eigenvalue weighted by Crippen LogP contribution is -2.57. The molecule has 1 aliphatic rings. The Balaban J connectivity index is 0. The molecule has 0 aliphatic carbocycles. The molecule has 186 valence electrons. The number of amides is 1. The van der Waals surface area contributed by atoms with E-state index in [1.807, 2.05) is 0 Å². The number of rotatable bonds is 10. The standard InChI is InChI=1S/C9H19NO6S.C7H12O6.CH4/c1-16-8(5(12)4-11)6(13)7(14)9(15)10-2-3-17;1-12-6-3(2-8)13-7(11)5(10)4(6)9;/h5-8,11-14,17H,2-4H2,1H3,(H,10,15);3-6,8-10H,2H2,1H3;1H4/t5?,6-,7?,8-;3?,4-,5?,6-;/m11./s1. The fourth-order valence-electron chi connectivity index (χ4n) is 2.50. The molecule has 0 aromatic heterocycles. The number of carbonyl (C=O) groups excluding carboxylic acids is 2. The molecule has 8 N–H and O–H groups in total. The molecular formula is C17H35NO12S. The first-order valence-corrected chi connectivity index (χ1v) is 9.51. The molecule has 0 aromatic carbocycles. The summed E-state index contributed by atoms with van der Waals surface area (Å²) in [5.41, 5.74) is 0. The Labute approximate surface area is 186 Å². The molecule has 14 heteroatoms. The molecule has 0 saturated carbocycles. The maximum absolute atomic E-state index is 11.3. The van der Waals surface area contributed by atoms with Crippen LogP contribution in [0.15, 0.2) is 0 Å². The van der Waals surface area contributed by atoms with Crippen LogP contribution in [0.2, 0.25) is 0 Å². The first-order valence-electron chi connectivity index (χ1n) is 8.87. The van der Waals surface area contributed by atoms with Crippen molar-refractivity contribution in [3.63, 3.8) is 0 Å². The molecule has 0 radical (unpaired) electrons. The Morgan fingerprint density at radius 3 is 2.23 bits per heavy atom. The van der Waals surface area contributed by atoms with Crippen LogP contribution in [-0.2, 0) is 23.8 Å². The molecular weight excluding hydrogens is 442 g/mol. The van der Waals surface area contributed by atoms with E-state index >= 15 is 0 Å². The Hall–Kier alpha value is -1.07. The van der Waals surface area contributed by atoms with Crippen LogP contribution in [0.1, 0.15) is 7.43 Å². The normalized spacial score (nSPS) is 26.8. The first kappa shape index (κ1) is 32.1. The number of ether oxygens (including phenoxy) is 3. The Morgan fingerprint density at radius 2 is 1.81 bits per heavy atom. The molecule has 1 amide bonds. The zero-order valence-electron chi connectivity index (χ0n) is 16.6. The van der Waals surface area contributed by atoms with Gasteiger partial charge in [-0.05, 0) is 0 Å². The van der Waals surface area contributed by atoms with Gasteiger partial charge in [0.05, 0.1) is 13.2 Å². The number of esters is 1. The van der Waals surface area contributed by atoms with Crippen LogP contribution < -0.4 is 5.32 Å². The average Bonchev–Trinajstić information content (AvgIpc) is 2.75. The van der Waals surface area contributed by atoms with Gasteiger partial charge in [0.15, 0.2) is 18.3 Å². The van der Waals surface area contributed by atoms with Crippen LogP contribution in [0.3, 0.4) is 0 Å². The van der Waals surface area contributed by atoms with E-state index in [4.69, 9.17) is 24.8 Å². The SMILES string of the molecule is C.CO[C@@H]1C(CO)OC(=O)C(O)[C@H]1O.CO[C@H](C(O)CO)[C@H](O)C(O)C(=O)NCCS. The third kappa shape index (κ3) is 9.53. The molecule has 1 saturated heterocycles. The number of aliphatic hydroxyl groups is 7. The Morgan fingerprint density at radius 1 is 1.23 bits per heavy atom. The number of thiol groups is 1. The molecule has 0 aromatic rings. The predicted octanol–water partition coefficient (Wildman–Crippen LogP) is -4.60. The maximum Gasteiger partial charge on any atom is 0.338 e. The summed E-state index contributed by atoms with van der Waals surface area (Å²) < 4.78 is 14.1. The summed E-state index contributed by atoms with van der Waals surface area (Å²) in [7, 11) is 2.48. The molecule has 1 fully saturated rings. The quantitative estimate of drug-likeness (QED) is 0.107. The number of methoxy groups -OCH3 is 2. The van der Waals surface area contributed by atoms with Gasteiger partial charge in [-0.15, -0.1) is 0 Å². The van der Waals surface area contributed by atoms with Crippen LogP contribution in [-0.4, -0.2) is 136 Å². The molecule has 13 nitrogen and oxygen atoms in total. The fourth-order valence-corrected chi connectivity index (χ4v) is 2.62. The summed E-state index contributed by atoms with van der Waals surface area (Å²) in [6.07, 6.45) is -10.8. The summed E-state index contributed by atoms with van der Waals surface area (Å²) in [6.45, 7) is -0.861. The molecule has 8 atom stereocenters. The highest BCUT2D eigenvalue weighted by molar-refractivity contribution is 7.80. The zero-order valence-corrected chi connectivity index (χ0v) is 17.5. The Kier molecular flexibility index (Phi) is 17.1. The van der Waals surface area contributed by atoms with Crippen LogP contribution >= 0.6 is 12.6 Å². The van der Waals surface area contributed by atoms with E-state index in [0.29, 0.717) is 5.75 Å². The molecule has 1 rings (SSSR count). The number of cyclic esters (lactones) is 1. The van der Waals surface area contributed by atoms with E-state index in [1.54, 1.807) is 0 Å². The molecule has 31 heavy (non-hydrogen) atoms. The highest BCUT2D eigenvalue weighted by Gasteiger charge is 2.44. The van der Waals surface area contributed by atoms with E-state index in [0.717, 1.165) is 0 Å². The summed E-state index contributed by atoms with van der Waals surface area (Å²) in [4.78, 5) is 22.2. The summed E-state index contributed by atoms with van der Waals surface area (Å²) >= 11 is 3.87. The van der Waals surface area contributed by atoms with Crippen LogP contribution in [0, 0.1) is 0 Å².